The summed E-state index contributed by atoms with van der Waals surface area (Å²) in [7, 11) is 1.53. The van der Waals surface area contributed by atoms with Crippen LogP contribution in [0.3, 0.4) is 0 Å². The first-order chi connectivity index (χ1) is 8.70. The number of methoxy groups -OCH3 is 1. The lowest BCUT2D eigenvalue weighted by atomic mass is 10.2. The Morgan fingerprint density at radius 3 is 3.06 bits per heavy atom. The molecule has 0 bridgehead atoms. The summed E-state index contributed by atoms with van der Waals surface area (Å²) in [5, 5.41) is 2.82. The summed E-state index contributed by atoms with van der Waals surface area (Å²) in [5.41, 5.74) is 5.64. The van der Waals surface area contributed by atoms with Gasteiger partial charge in [0.05, 0.1) is 19.3 Å². The highest BCUT2D eigenvalue weighted by Gasteiger charge is 2.33. The van der Waals surface area contributed by atoms with E-state index in [0.717, 1.165) is 25.7 Å². The molecule has 1 amide bonds. The van der Waals surface area contributed by atoms with Crippen molar-refractivity contribution in [2.24, 2.45) is 5.73 Å². The minimum Gasteiger partial charge on any atom is -0.383 e. The highest BCUT2D eigenvalue weighted by atomic mass is 16.5. The number of carbonyl (C=O) groups excluding carboxylic acids is 1. The molecule has 1 saturated heterocycles. The molecule has 2 atom stereocenters. The van der Waals surface area contributed by atoms with Gasteiger partial charge in [0.2, 0.25) is 5.91 Å². The number of nitrogens with one attached hydrogen (secondary N) is 1. The second-order valence-corrected chi connectivity index (χ2v) is 5.03. The van der Waals surface area contributed by atoms with Gasteiger partial charge < -0.3 is 20.5 Å². The molecule has 0 aromatic heterocycles. The summed E-state index contributed by atoms with van der Waals surface area (Å²) in [6, 6.07) is 0.154. The summed E-state index contributed by atoms with van der Waals surface area (Å²) < 4.78 is 10.5. The molecule has 3 N–H and O–H groups in total. The van der Waals surface area contributed by atoms with Crippen molar-refractivity contribution in [3.05, 3.63) is 0 Å². The summed E-state index contributed by atoms with van der Waals surface area (Å²) >= 11 is 0. The van der Waals surface area contributed by atoms with Crippen molar-refractivity contribution in [3.63, 3.8) is 0 Å². The molecule has 0 radical (unpaired) electrons. The average Bonchev–Trinajstić information content (AvgIpc) is 3.21. The first kappa shape index (κ1) is 13.7. The van der Waals surface area contributed by atoms with Crippen molar-refractivity contribution in [3.8, 4) is 0 Å². The van der Waals surface area contributed by atoms with Gasteiger partial charge in [-0.05, 0) is 12.8 Å². The largest absolute Gasteiger partial charge is 0.383 e. The van der Waals surface area contributed by atoms with Crippen LogP contribution in [-0.2, 0) is 14.3 Å². The fourth-order valence-corrected chi connectivity index (χ4v) is 2.24. The molecule has 2 fully saturated rings. The fraction of sp³-hybridized carbons (Fsp3) is 0.917. The zero-order chi connectivity index (χ0) is 13.0. The zero-order valence-electron chi connectivity index (χ0n) is 10.9. The summed E-state index contributed by atoms with van der Waals surface area (Å²) in [6.07, 6.45) is 2.69. The van der Waals surface area contributed by atoms with Gasteiger partial charge in [-0.3, -0.25) is 9.69 Å². The van der Waals surface area contributed by atoms with E-state index < -0.39 is 6.04 Å². The lowest BCUT2D eigenvalue weighted by Gasteiger charge is -2.33. The number of hydrogen-bond acceptors (Lipinski definition) is 5. The van der Waals surface area contributed by atoms with E-state index in [-0.39, 0.29) is 18.6 Å². The number of carbonyl (C=O) groups is 1. The molecular formula is C12H23N3O3. The first-order valence-electron chi connectivity index (χ1n) is 6.58. The van der Waals surface area contributed by atoms with E-state index in [9.17, 15) is 4.79 Å². The van der Waals surface area contributed by atoms with E-state index in [1.165, 1.54) is 20.0 Å². The van der Waals surface area contributed by atoms with Gasteiger partial charge in [-0.2, -0.15) is 0 Å². The zero-order valence-corrected chi connectivity index (χ0v) is 10.9. The quantitative estimate of drug-likeness (QED) is 0.634. The lowest BCUT2D eigenvalue weighted by Crippen LogP contribution is -2.51. The Labute approximate surface area is 108 Å². The molecule has 1 aliphatic heterocycles. The molecule has 104 valence electrons. The molecule has 1 aliphatic carbocycles. The normalized spacial score (nSPS) is 26.9. The standard InChI is InChI=1S/C12H23N3O3/c1-17-8-11(13)12(16)14-6-10-7-15(4-5-18-10)9-2-3-9/h9-11H,2-8,13H2,1H3,(H,14,16). The maximum absolute atomic E-state index is 11.6. The highest BCUT2D eigenvalue weighted by molar-refractivity contribution is 5.81. The Bertz CT molecular complexity index is 284. The molecule has 2 rings (SSSR count). The van der Waals surface area contributed by atoms with E-state index in [1.807, 2.05) is 0 Å². The van der Waals surface area contributed by atoms with Crippen LogP contribution in [-0.4, -0.2) is 69.0 Å². The van der Waals surface area contributed by atoms with Gasteiger partial charge in [-0.15, -0.1) is 0 Å². The van der Waals surface area contributed by atoms with Crippen LogP contribution in [0.4, 0.5) is 0 Å². The van der Waals surface area contributed by atoms with E-state index >= 15 is 0 Å². The van der Waals surface area contributed by atoms with E-state index in [1.54, 1.807) is 0 Å². The van der Waals surface area contributed by atoms with Crippen LogP contribution in [0.1, 0.15) is 12.8 Å². The number of rotatable bonds is 6. The topological polar surface area (TPSA) is 76.8 Å². The van der Waals surface area contributed by atoms with Gasteiger partial charge in [0.15, 0.2) is 0 Å². The number of morpholine rings is 1. The third-order valence-corrected chi connectivity index (χ3v) is 3.42. The second-order valence-electron chi connectivity index (χ2n) is 5.03. The molecule has 1 saturated carbocycles. The van der Waals surface area contributed by atoms with E-state index in [2.05, 4.69) is 10.2 Å². The van der Waals surface area contributed by atoms with E-state index in [4.69, 9.17) is 15.2 Å². The van der Waals surface area contributed by atoms with Gasteiger partial charge in [0.25, 0.3) is 0 Å². The minimum absolute atomic E-state index is 0.0815. The lowest BCUT2D eigenvalue weighted by molar-refractivity contribution is -0.124. The van der Waals surface area contributed by atoms with Crippen LogP contribution in [0, 0.1) is 0 Å². The first-order valence-corrected chi connectivity index (χ1v) is 6.58. The van der Waals surface area contributed by atoms with Crippen molar-refractivity contribution in [2.45, 2.75) is 31.0 Å². The molecule has 2 aliphatic rings. The number of amides is 1. The molecule has 1 heterocycles. The van der Waals surface area contributed by atoms with Crippen LogP contribution in [0.5, 0.6) is 0 Å². The SMILES string of the molecule is COCC(N)C(=O)NCC1CN(C2CC2)CCO1. The Balaban J connectivity index is 1.67. The van der Waals surface area contributed by atoms with Crippen molar-refractivity contribution in [2.75, 3.05) is 40.0 Å². The number of hydrogen-bond donors (Lipinski definition) is 2. The van der Waals surface area contributed by atoms with Crippen LogP contribution in [0.25, 0.3) is 0 Å². The summed E-state index contributed by atoms with van der Waals surface area (Å²) in [6.45, 7) is 3.44. The summed E-state index contributed by atoms with van der Waals surface area (Å²) in [5.74, 6) is -0.177. The van der Waals surface area contributed by atoms with Crippen molar-refractivity contribution < 1.29 is 14.3 Å². The van der Waals surface area contributed by atoms with Gasteiger partial charge in [0, 0.05) is 32.8 Å². The maximum atomic E-state index is 11.6. The van der Waals surface area contributed by atoms with Crippen LogP contribution >= 0.6 is 0 Å². The predicted octanol–water partition coefficient (Wildman–Crippen LogP) is -1.06. The molecule has 0 spiro atoms. The average molecular weight is 257 g/mol. The summed E-state index contributed by atoms with van der Waals surface area (Å²) in [4.78, 5) is 14.1. The maximum Gasteiger partial charge on any atom is 0.239 e. The Kier molecular flexibility index (Phi) is 4.94. The van der Waals surface area contributed by atoms with Crippen molar-refractivity contribution in [1.82, 2.24) is 10.2 Å². The van der Waals surface area contributed by atoms with Crippen LogP contribution < -0.4 is 11.1 Å². The Morgan fingerprint density at radius 2 is 2.39 bits per heavy atom. The molecule has 6 nitrogen and oxygen atoms in total. The van der Waals surface area contributed by atoms with Crippen molar-refractivity contribution in [1.29, 1.82) is 0 Å². The number of nitrogens with two attached hydrogens (primary N) is 1. The van der Waals surface area contributed by atoms with Crippen LogP contribution in [0.15, 0.2) is 0 Å². The number of nitrogens with zero attached hydrogens (tertiary/aromatic N) is 1. The minimum atomic E-state index is -0.599. The van der Waals surface area contributed by atoms with Gasteiger partial charge in [0.1, 0.15) is 6.04 Å². The monoisotopic (exact) mass is 257 g/mol. The molecule has 0 aromatic carbocycles. The van der Waals surface area contributed by atoms with Gasteiger partial charge >= 0.3 is 0 Å². The third kappa shape index (κ3) is 3.91. The molecule has 0 aromatic rings. The molecule has 2 unspecified atom stereocenters. The van der Waals surface area contributed by atoms with Crippen LogP contribution in [0.2, 0.25) is 0 Å². The Hall–Kier alpha value is -0.690. The number of ether oxygens (including phenoxy) is 2. The van der Waals surface area contributed by atoms with Crippen molar-refractivity contribution >= 4 is 5.91 Å². The van der Waals surface area contributed by atoms with Gasteiger partial charge in [-0.25, -0.2) is 0 Å². The molecule has 18 heavy (non-hydrogen) atoms. The third-order valence-electron chi connectivity index (χ3n) is 3.42. The van der Waals surface area contributed by atoms with Gasteiger partial charge in [-0.1, -0.05) is 0 Å². The second kappa shape index (κ2) is 6.47. The Morgan fingerprint density at radius 1 is 1.61 bits per heavy atom. The highest BCUT2D eigenvalue weighted by Crippen LogP contribution is 2.27. The molecular weight excluding hydrogens is 234 g/mol. The molecule has 6 heteroatoms. The van der Waals surface area contributed by atoms with E-state index in [0.29, 0.717) is 6.54 Å². The fourth-order valence-electron chi connectivity index (χ4n) is 2.24. The predicted molar refractivity (Wildman–Crippen MR) is 67.2 cm³/mol. The smallest absolute Gasteiger partial charge is 0.239 e.